The van der Waals surface area contributed by atoms with E-state index in [-0.39, 0.29) is 5.91 Å². The highest BCUT2D eigenvalue weighted by Crippen LogP contribution is 2.30. The molecule has 3 rings (SSSR count). The van der Waals surface area contributed by atoms with Gasteiger partial charge in [-0.25, -0.2) is 14.1 Å². The van der Waals surface area contributed by atoms with Crippen molar-refractivity contribution in [2.75, 3.05) is 0 Å². The normalized spacial score (nSPS) is 13.9. The smallest absolute Gasteiger partial charge is 0.246 e. The van der Waals surface area contributed by atoms with E-state index >= 15 is 0 Å². The second-order valence-corrected chi connectivity index (χ2v) is 4.47. The zero-order chi connectivity index (χ0) is 13.4. The lowest BCUT2D eigenvalue weighted by Gasteiger charge is -2.15. The largest absolute Gasteiger partial charge is 0.273 e. The first-order chi connectivity index (χ1) is 9.13. The molecule has 0 saturated heterocycles. The van der Waals surface area contributed by atoms with E-state index in [0.29, 0.717) is 29.7 Å². The van der Waals surface area contributed by atoms with E-state index in [4.69, 9.17) is 0 Å². The highest BCUT2D eigenvalue weighted by atomic mass is 19.1. The van der Waals surface area contributed by atoms with Gasteiger partial charge in [-0.2, -0.15) is 0 Å². The summed E-state index contributed by atoms with van der Waals surface area (Å²) in [7, 11) is 0. The summed E-state index contributed by atoms with van der Waals surface area (Å²) in [5.74, 6) is -1.32. The van der Waals surface area contributed by atoms with Crippen LogP contribution >= 0.6 is 0 Å². The van der Waals surface area contributed by atoms with Crippen LogP contribution in [-0.2, 0) is 11.2 Å². The molecule has 1 heterocycles. The van der Waals surface area contributed by atoms with Gasteiger partial charge in [0.25, 0.3) is 0 Å². The lowest BCUT2D eigenvalue weighted by atomic mass is 9.97. The molecule has 0 unspecified atom stereocenters. The Morgan fingerprint density at radius 1 is 1.00 bits per heavy atom. The quantitative estimate of drug-likeness (QED) is 0.771. The second-order valence-electron chi connectivity index (χ2n) is 4.47. The van der Waals surface area contributed by atoms with Gasteiger partial charge in [0.2, 0.25) is 5.91 Å². The number of rotatable bonds is 1. The van der Waals surface area contributed by atoms with Crippen LogP contribution in [0.25, 0.3) is 11.1 Å². The molecule has 0 bridgehead atoms. The third-order valence-corrected chi connectivity index (χ3v) is 3.17. The number of carbonyl (C=O) groups excluding carboxylic acids is 1. The number of nitrogens with zero attached hydrogens (tertiary/aromatic N) is 1. The molecule has 1 aliphatic rings. The van der Waals surface area contributed by atoms with Gasteiger partial charge in [0.05, 0.1) is 5.69 Å². The maximum atomic E-state index is 13.7. The van der Waals surface area contributed by atoms with Gasteiger partial charge in [0.1, 0.15) is 11.6 Å². The molecular formula is C15H10F2NO. The number of fused-ring (bicyclic) bond motifs is 1. The third-order valence-electron chi connectivity index (χ3n) is 3.17. The summed E-state index contributed by atoms with van der Waals surface area (Å²) in [6.07, 6.45) is 0.983. The van der Waals surface area contributed by atoms with Crippen LogP contribution in [0.5, 0.6) is 0 Å². The summed E-state index contributed by atoms with van der Waals surface area (Å²) in [6.45, 7) is 0. The number of halogens is 2. The molecular weight excluding hydrogens is 248 g/mol. The molecule has 0 saturated carbocycles. The fourth-order valence-corrected chi connectivity index (χ4v) is 2.22. The van der Waals surface area contributed by atoms with Gasteiger partial charge in [-0.05, 0) is 41.8 Å². The van der Waals surface area contributed by atoms with Crippen molar-refractivity contribution in [3.63, 3.8) is 0 Å². The summed E-state index contributed by atoms with van der Waals surface area (Å²) in [5, 5.41) is 3.92. The lowest BCUT2D eigenvalue weighted by molar-refractivity contribution is -0.120. The summed E-state index contributed by atoms with van der Waals surface area (Å²) >= 11 is 0. The van der Waals surface area contributed by atoms with Crippen LogP contribution in [0.4, 0.5) is 14.5 Å². The van der Waals surface area contributed by atoms with Crippen molar-refractivity contribution in [2.24, 2.45) is 0 Å². The first kappa shape index (κ1) is 11.8. The van der Waals surface area contributed by atoms with E-state index in [1.807, 2.05) is 6.07 Å². The van der Waals surface area contributed by atoms with Crippen LogP contribution in [0.1, 0.15) is 12.0 Å². The fourth-order valence-electron chi connectivity index (χ4n) is 2.22. The van der Waals surface area contributed by atoms with E-state index in [9.17, 15) is 13.6 Å². The van der Waals surface area contributed by atoms with Gasteiger partial charge in [-0.3, -0.25) is 4.79 Å². The van der Waals surface area contributed by atoms with Gasteiger partial charge < -0.3 is 0 Å². The van der Waals surface area contributed by atoms with Gasteiger partial charge in [0.15, 0.2) is 0 Å². The number of benzene rings is 2. The lowest BCUT2D eigenvalue weighted by Crippen LogP contribution is -2.17. The molecule has 0 aliphatic carbocycles. The zero-order valence-corrected chi connectivity index (χ0v) is 9.99. The Morgan fingerprint density at radius 3 is 2.63 bits per heavy atom. The van der Waals surface area contributed by atoms with Crippen molar-refractivity contribution >= 4 is 11.6 Å². The Hall–Kier alpha value is -2.23. The number of hydrogen-bond donors (Lipinski definition) is 0. The monoisotopic (exact) mass is 258 g/mol. The van der Waals surface area contributed by atoms with E-state index in [0.717, 1.165) is 11.6 Å². The molecule has 0 atom stereocenters. The summed E-state index contributed by atoms with van der Waals surface area (Å²) < 4.78 is 26.6. The van der Waals surface area contributed by atoms with Crippen molar-refractivity contribution in [3.8, 4) is 11.1 Å². The van der Waals surface area contributed by atoms with Gasteiger partial charge in [-0.15, -0.1) is 0 Å². The van der Waals surface area contributed by atoms with Crippen LogP contribution in [0, 0.1) is 11.6 Å². The maximum absolute atomic E-state index is 13.7. The predicted octanol–water partition coefficient (Wildman–Crippen LogP) is 3.34. The van der Waals surface area contributed by atoms with Crippen molar-refractivity contribution in [1.29, 1.82) is 0 Å². The molecule has 2 aromatic rings. The number of hydrogen-bond acceptors (Lipinski definition) is 1. The predicted molar refractivity (Wildman–Crippen MR) is 66.9 cm³/mol. The zero-order valence-electron chi connectivity index (χ0n) is 9.99. The molecule has 1 aliphatic heterocycles. The number of aryl methyl sites for hydroxylation is 1. The van der Waals surface area contributed by atoms with Gasteiger partial charge >= 0.3 is 0 Å². The molecule has 0 spiro atoms. The van der Waals surface area contributed by atoms with E-state index in [1.165, 1.54) is 12.1 Å². The summed E-state index contributed by atoms with van der Waals surface area (Å²) in [5.41, 5.74) is 2.57. The molecule has 0 fully saturated rings. The molecule has 1 radical (unpaired) electrons. The van der Waals surface area contributed by atoms with Crippen LogP contribution in [0.3, 0.4) is 0 Å². The number of carbonyl (C=O) groups is 1. The third kappa shape index (κ3) is 2.21. The van der Waals surface area contributed by atoms with Crippen molar-refractivity contribution in [3.05, 3.63) is 53.6 Å². The fraction of sp³-hybridized carbons (Fsp3) is 0.133. The van der Waals surface area contributed by atoms with Crippen LogP contribution in [0.15, 0.2) is 36.4 Å². The molecule has 0 aromatic heterocycles. The minimum absolute atomic E-state index is 0.131. The second kappa shape index (κ2) is 4.46. The topological polar surface area (TPSA) is 31.2 Å². The van der Waals surface area contributed by atoms with E-state index in [2.05, 4.69) is 5.32 Å². The molecule has 95 valence electrons. The molecule has 2 nitrogen and oxygen atoms in total. The minimum Gasteiger partial charge on any atom is -0.273 e. The molecule has 4 heteroatoms. The van der Waals surface area contributed by atoms with Crippen LogP contribution in [-0.4, -0.2) is 5.91 Å². The van der Waals surface area contributed by atoms with Crippen molar-refractivity contribution in [1.82, 2.24) is 5.32 Å². The SMILES string of the molecule is O=C1CCc2cc(-c3ccc(F)cc3F)ccc2[N]1. The Bertz CT molecular complexity index is 667. The molecule has 19 heavy (non-hydrogen) atoms. The Balaban J connectivity index is 2.04. The Labute approximate surface area is 109 Å². The first-order valence-corrected chi connectivity index (χ1v) is 5.96. The number of amides is 1. The Morgan fingerprint density at radius 2 is 1.84 bits per heavy atom. The summed E-state index contributed by atoms with van der Waals surface area (Å²) in [4.78, 5) is 11.2. The van der Waals surface area contributed by atoms with Gasteiger partial charge in [-0.1, -0.05) is 6.07 Å². The van der Waals surface area contributed by atoms with Crippen molar-refractivity contribution < 1.29 is 13.6 Å². The van der Waals surface area contributed by atoms with Crippen LogP contribution < -0.4 is 5.32 Å². The highest BCUT2D eigenvalue weighted by molar-refractivity contribution is 5.85. The first-order valence-electron chi connectivity index (χ1n) is 5.96. The van der Waals surface area contributed by atoms with E-state index < -0.39 is 11.6 Å². The maximum Gasteiger partial charge on any atom is 0.246 e. The summed E-state index contributed by atoms with van der Waals surface area (Å²) in [6, 6.07) is 8.70. The van der Waals surface area contributed by atoms with Gasteiger partial charge in [0, 0.05) is 18.1 Å². The molecule has 1 amide bonds. The average molecular weight is 258 g/mol. The minimum atomic E-state index is -0.597. The standard InChI is InChI=1S/C15H10F2NO/c16-11-3-4-12(13(17)8-11)9-1-5-14-10(7-9)2-6-15(19)18-14/h1,3-5,7-8H,2,6H2. The van der Waals surface area contributed by atoms with Crippen molar-refractivity contribution in [2.45, 2.75) is 12.8 Å². The highest BCUT2D eigenvalue weighted by Gasteiger charge is 2.17. The van der Waals surface area contributed by atoms with Crippen LogP contribution in [0.2, 0.25) is 0 Å². The molecule has 0 N–H and O–H groups in total. The van der Waals surface area contributed by atoms with E-state index in [1.54, 1.807) is 12.1 Å². The molecule has 2 aromatic carbocycles. The average Bonchev–Trinajstić information content (AvgIpc) is 2.38. The Kier molecular flexibility index (Phi) is 2.78.